The standard InChI is InChI=1S/C23H26N6O3S/c1-33-28-8-6-27(7-9-28)16-11-18(25-20(24)12-16)14-2-3-17-15(10-14)13-29(23(17)32)19-4-5-21(30)26-22(19)31/h2-3,10-12,19H,4-9,13H2,1H3,(H2,24,25)(H,26,30,31). The van der Waals surface area contributed by atoms with Crippen LogP contribution < -0.4 is 16.0 Å². The number of amides is 3. The summed E-state index contributed by atoms with van der Waals surface area (Å²) in [5.41, 5.74) is 10.3. The Morgan fingerprint density at radius 1 is 1.09 bits per heavy atom. The van der Waals surface area contributed by atoms with E-state index < -0.39 is 11.9 Å². The fourth-order valence-electron chi connectivity index (χ4n) is 4.73. The summed E-state index contributed by atoms with van der Waals surface area (Å²) in [4.78, 5) is 45.1. The number of carbonyl (C=O) groups excluding carboxylic acids is 3. The van der Waals surface area contributed by atoms with Crippen LogP contribution in [0.2, 0.25) is 0 Å². The van der Waals surface area contributed by atoms with E-state index in [1.165, 1.54) is 0 Å². The van der Waals surface area contributed by atoms with Crippen LogP contribution in [0.5, 0.6) is 0 Å². The van der Waals surface area contributed by atoms with Gasteiger partial charge in [0.05, 0.1) is 5.69 Å². The molecule has 2 saturated heterocycles. The van der Waals surface area contributed by atoms with Gasteiger partial charge in [0.15, 0.2) is 0 Å². The second-order valence-corrected chi connectivity index (χ2v) is 9.39. The van der Waals surface area contributed by atoms with E-state index in [-0.39, 0.29) is 18.2 Å². The number of anilines is 2. The van der Waals surface area contributed by atoms with Crippen molar-refractivity contribution >= 4 is 41.2 Å². The Labute approximate surface area is 196 Å². The number of nitrogens with two attached hydrogens (primary N) is 1. The molecule has 5 rings (SSSR count). The summed E-state index contributed by atoms with van der Waals surface area (Å²) < 4.78 is 2.34. The summed E-state index contributed by atoms with van der Waals surface area (Å²) in [6.07, 6.45) is 2.68. The average molecular weight is 467 g/mol. The highest BCUT2D eigenvalue weighted by atomic mass is 32.2. The number of hydrogen-bond donors (Lipinski definition) is 2. The van der Waals surface area contributed by atoms with E-state index in [9.17, 15) is 14.4 Å². The van der Waals surface area contributed by atoms with Gasteiger partial charge in [-0.05, 0) is 36.4 Å². The number of carbonyl (C=O) groups is 3. The van der Waals surface area contributed by atoms with Crippen LogP contribution in [0, 0.1) is 0 Å². The summed E-state index contributed by atoms with van der Waals surface area (Å²) in [7, 11) is 0. The summed E-state index contributed by atoms with van der Waals surface area (Å²) in [6, 6.07) is 8.95. The lowest BCUT2D eigenvalue weighted by Crippen LogP contribution is -2.52. The highest BCUT2D eigenvalue weighted by molar-refractivity contribution is 7.96. The monoisotopic (exact) mass is 466 g/mol. The molecule has 0 radical (unpaired) electrons. The quantitative estimate of drug-likeness (QED) is 0.515. The number of aromatic nitrogens is 1. The molecule has 10 heteroatoms. The zero-order chi connectivity index (χ0) is 23.1. The Kier molecular flexibility index (Phi) is 5.71. The molecule has 172 valence electrons. The summed E-state index contributed by atoms with van der Waals surface area (Å²) in [5.74, 6) is -0.423. The molecular weight excluding hydrogens is 440 g/mol. The molecule has 0 spiro atoms. The van der Waals surface area contributed by atoms with Gasteiger partial charge in [0.2, 0.25) is 11.8 Å². The third-order valence-corrected chi connectivity index (χ3v) is 7.39. The van der Waals surface area contributed by atoms with Gasteiger partial charge in [-0.15, -0.1) is 0 Å². The first-order valence-electron chi connectivity index (χ1n) is 11.0. The molecule has 0 saturated carbocycles. The molecule has 3 amide bonds. The molecule has 1 atom stereocenters. The molecule has 9 nitrogen and oxygen atoms in total. The summed E-state index contributed by atoms with van der Waals surface area (Å²) in [6.45, 7) is 4.14. The van der Waals surface area contributed by atoms with Crippen molar-refractivity contribution < 1.29 is 14.4 Å². The zero-order valence-electron chi connectivity index (χ0n) is 18.4. The van der Waals surface area contributed by atoms with Crippen LogP contribution in [0.4, 0.5) is 11.5 Å². The maximum atomic E-state index is 12.9. The minimum absolute atomic E-state index is 0.182. The highest BCUT2D eigenvalue weighted by Crippen LogP contribution is 2.32. The van der Waals surface area contributed by atoms with Crippen LogP contribution in [0.15, 0.2) is 30.3 Å². The van der Waals surface area contributed by atoms with Crippen LogP contribution in [0.1, 0.15) is 28.8 Å². The minimum Gasteiger partial charge on any atom is -0.384 e. The number of fused-ring (bicyclic) bond motifs is 1. The molecule has 1 aromatic heterocycles. The Hall–Kier alpha value is -3.11. The molecule has 3 N–H and O–H groups in total. The van der Waals surface area contributed by atoms with E-state index in [2.05, 4.69) is 25.8 Å². The van der Waals surface area contributed by atoms with E-state index in [1.54, 1.807) is 22.9 Å². The molecule has 0 aliphatic carbocycles. The minimum atomic E-state index is -0.622. The van der Waals surface area contributed by atoms with Crippen LogP contribution >= 0.6 is 11.9 Å². The van der Waals surface area contributed by atoms with Crippen molar-refractivity contribution in [2.45, 2.75) is 25.4 Å². The molecular formula is C23H26N6O3S. The molecule has 1 unspecified atom stereocenters. The van der Waals surface area contributed by atoms with Crippen LogP contribution in [-0.2, 0) is 16.1 Å². The van der Waals surface area contributed by atoms with Crippen molar-refractivity contribution in [3.05, 3.63) is 41.5 Å². The van der Waals surface area contributed by atoms with Gasteiger partial charge in [-0.2, -0.15) is 0 Å². The van der Waals surface area contributed by atoms with Crippen LogP contribution in [0.3, 0.4) is 0 Å². The number of nitrogens with zero attached hydrogens (tertiary/aromatic N) is 4. The fraction of sp³-hybridized carbons (Fsp3) is 0.391. The van der Waals surface area contributed by atoms with Crippen molar-refractivity contribution in [2.24, 2.45) is 0 Å². The van der Waals surface area contributed by atoms with Gasteiger partial charge < -0.3 is 15.5 Å². The first-order valence-corrected chi connectivity index (χ1v) is 12.2. The number of piperazine rings is 1. The van der Waals surface area contributed by atoms with Gasteiger partial charge in [0.25, 0.3) is 5.91 Å². The first-order chi connectivity index (χ1) is 15.9. The predicted octanol–water partition coefficient (Wildman–Crippen LogP) is 1.49. The second kappa shape index (κ2) is 8.68. The van der Waals surface area contributed by atoms with Crippen LogP contribution in [-0.4, -0.2) is 70.4 Å². The number of imide groups is 1. The van der Waals surface area contributed by atoms with E-state index >= 15 is 0 Å². The molecule has 0 bridgehead atoms. The third-order valence-electron chi connectivity index (χ3n) is 6.51. The SMILES string of the molecule is CSN1CCN(c2cc(N)nc(-c3ccc4c(c3)CN(C3CCC(=O)NC3=O)C4=O)c2)CC1. The van der Waals surface area contributed by atoms with E-state index in [0.29, 0.717) is 24.3 Å². The van der Waals surface area contributed by atoms with E-state index in [4.69, 9.17) is 5.73 Å². The van der Waals surface area contributed by atoms with Gasteiger partial charge in [-0.25, -0.2) is 9.29 Å². The lowest BCUT2D eigenvalue weighted by atomic mass is 10.0. The van der Waals surface area contributed by atoms with Crippen molar-refractivity contribution in [3.63, 3.8) is 0 Å². The number of piperidine rings is 1. The first kappa shape index (κ1) is 21.7. The largest absolute Gasteiger partial charge is 0.384 e. The number of rotatable bonds is 4. The zero-order valence-corrected chi connectivity index (χ0v) is 19.2. The summed E-state index contributed by atoms with van der Waals surface area (Å²) in [5, 5.41) is 2.34. The fourth-order valence-corrected chi connectivity index (χ4v) is 5.26. The van der Waals surface area contributed by atoms with Crippen molar-refractivity contribution in [2.75, 3.05) is 43.1 Å². The van der Waals surface area contributed by atoms with Crippen molar-refractivity contribution in [1.29, 1.82) is 0 Å². The molecule has 4 heterocycles. The van der Waals surface area contributed by atoms with Gasteiger partial charge in [-0.1, -0.05) is 18.0 Å². The van der Waals surface area contributed by atoms with Crippen molar-refractivity contribution in [1.82, 2.24) is 19.5 Å². The number of pyridine rings is 1. The van der Waals surface area contributed by atoms with Gasteiger partial charge in [0.1, 0.15) is 11.9 Å². The number of benzene rings is 1. The smallest absolute Gasteiger partial charge is 0.255 e. The summed E-state index contributed by atoms with van der Waals surface area (Å²) >= 11 is 1.76. The second-order valence-electron chi connectivity index (χ2n) is 8.51. The lowest BCUT2D eigenvalue weighted by molar-refractivity contribution is -0.136. The molecule has 1 aromatic carbocycles. The maximum absolute atomic E-state index is 12.9. The van der Waals surface area contributed by atoms with Gasteiger partial charge >= 0.3 is 0 Å². The van der Waals surface area contributed by atoms with Gasteiger partial charge in [-0.3, -0.25) is 19.7 Å². The highest BCUT2D eigenvalue weighted by Gasteiger charge is 2.39. The number of nitrogens with one attached hydrogen (secondary N) is 1. The Morgan fingerprint density at radius 2 is 1.88 bits per heavy atom. The molecule has 2 fully saturated rings. The van der Waals surface area contributed by atoms with Crippen LogP contribution in [0.25, 0.3) is 11.3 Å². The van der Waals surface area contributed by atoms with Crippen molar-refractivity contribution in [3.8, 4) is 11.3 Å². The molecule has 2 aromatic rings. The Balaban J connectivity index is 1.39. The Morgan fingerprint density at radius 3 is 2.61 bits per heavy atom. The van der Waals surface area contributed by atoms with E-state index in [1.807, 2.05) is 24.3 Å². The third kappa shape index (κ3) is 4.16. The molecule has 3 aliphatic heterocycles. The Bertz CT molecular complexity index is 1130. The van der Waals surface area contributed by atoms with E-state index in [0.717, 1.165) is 48.7 Å². The normalized spacial score (nSPS) is 21.4. The topological polar surface area (TPSA) is 112 Å². The maximum Gasteiger partial charge on any atom is 0.255 e. The molecule has 33 heavy (non-hydrogen) atoms. The average Bonchev–Trinajstić information content (AvgIpc) is 3.14. The number of nitrogen functional groups attached to an aromatic ring is 1. The molecule has 3 aliphatic rings. The van der Waals surface area contributed by atoms with Gasteiger partial charge in [0, 0.05) is 62.0 Å². The lowest BCUT2D eigenvalue weighted by Gasteiger charge is -2.35. The predicted molar refractivity (Wildman–Crippen MR) is 127 cm³/mol. The number of hydrogen-bond acceptors (Lipinski definition) is 8.